The fourth-order valence-electron chi connectivity index (χ4n) is 12.6. The van der Waals surface area contributed by atoms with Crippen LogP contribution < -0.4 is 5.32 Å². The average molecular weight is 1340 g/mol. The maximum atomic E-state index is 13.0. The van der Waals surface area contributed by atoms with Crippen molar-refractivity contribution in [2.75, 3.05) is 19.8 Å². The molecule has 1 aliphatic rings. The standard InChI is InChI=1S/C84H153NO10/c1-3-5-7-9-11-13-15-16-17-18-43-46-49-52-56-60-64-68-72-80(89)93-73-69-65-61-57-53-50-47-44-41-39-37-35-33-31-29-27-25-23-21-19-20-22-24-26-28-30-32-34-36-38-40-42-45-48-51-55-59-63-67-71-79(88)85-76(75-94-84-83(92)82(91)81(90)78(74-86)95-84)77(87)70-66-62-58-54-14-12-10-8-6-4-2/h13-15,17-20,23,25,54,66,70,76-78,81-84,86-87,90-92H,3-12,16,21-22,24,26-53,55-65,67-69,71-75H2,1-2H3,(H,85,88)/b15-13-,18-17-,20-19-,25-23-,54-14+,70-66+. The van der Waals surface area contributed by atoms with Gasteiger partial charge in [-0.05, 0) is 109 Å². The van der Waals surface area contributed by atoms with E-state index in [1.54, 1.807) is 6.08 Å². The molecule has 1 fully saturated rings. The normalized spacial score (nSPS) is 17.7. The molecule has 11 heteroatoms. The molecule has 1 aliphatic heterocycles. The van der Waals surface area contributed by atoms with Gasteiger partial charge in [-0.1, -0.05) is 337 Å². The van der Waals surface area contributed by atoms with Crippen molar-refractivity contribution in [2.45, 2.75) is 429 Å². The number of carbonyl (C=O) groups is 2. The average Bonchev–Trinajstić information content (AvgIpc) is 0.836. The number of rotatable bonds is 72. The lowest BCUT2D eigenvalue weighted by atomic mass is 9.99. The van der Waals surface area contributed by atoms with Crippen LogP contribution in [0.2, 0.25) is 0 Å². The van der Waals surface area contributed by atoms with Gasteiger partial charge in [0.25, 0.3) is 0 Å². The van der Waals surface area contributed by atoms with Gasteiger partial charge in [-0.3, -0.25) is 9.59 Å². The molecule has 554 valence electrons. The third-order valence-electron chi connectivity index (χ3n) is 19.0. The van der Waals surface area contributed by atoms with E-state index in [1.807, 2.05) is 6.08 Å². The number of nitrogens with one attached hydrogen (secondary N) is 1. The van der Waals surface area contributed by atoms with E-state index in [0.29, 0.717) is 19.4 Å². The Hall–Kier alpha value is -2.90. The Morgan fingerprint density at radius 3 is 1.11 bits per heavy atom. The van der Waals surface area contributed by atoms with Gasteiger partial charge in [0.05, 0.1) is 32.0 Å². The lowest BCUT2D eigenvalue weighted by Gasteiger charge is -2.40. The molecule has 0 aliphatic carbocycles. The summed E-state index contributed by atoms with van der Waals surface area (Å²) in [7, 11) is 0. The van der Waals surface area contributed by atoms with Gasteiger partial charge in [0.2, 0.25) is 5.91 Å². The number of carbonyl (C=O) groups excluding carboxylic acids is 2. The Morgan fingerprint density at radius 2 is 0.716 bits per heavy atom. The predicted molar refractivity (Wildman–Crippen MR) is 403 cm³/mol. The zero-order chi connectivity index (χ0) is 68.6. The van der Waals surface area contributed by atoms with Crippen LogP contribution in [0, 0.1) is 0 Å². The van der Waals surface area contributed by atoms with Crippen molar-refractivity contribution in [3.63, 3.8) is 0 Å². The minimum absolute atomic E-state index is 0.00709. The predicted octanol–water partition coefficient (Wildman–Crippen LogP) is 22.2. The molecule has 7 unspecified atom stereocenters. The molecule has 0 radical (unpaired) electrons. The summed E-state index contributed by atoms with van der Waals surface area (Å²) in [5, 5.41) is 54.4. The van der Waals surface area contributed by atoms with Crippen LogP contribution in [0.3, 0.4) is 0 Å². The maximum absolute atomic E-state index is 13.0. The monoisotopic (exact) mass is 1340 g/mol. The van der Waals surface area contributed by atoms with Gasteiger partial charge >= 0.3 is 5.97 Å². The van der Waals surface area contributed by atoms with Crippen LogP contribution in [0.5, 0.6) is 0 Å². The highest BCUT2D eigenvalue weighted by molar-refractivity contribution is 5.76. The topological polar surface area (TPSA) is 175 Å². The van der Waals surface area contributed by atoms with E-state index >= 15 is 0 Å². The van der Waals surface area contributed by atoms with E-state index in [2.05, 4.69) is 79.9 Å². The fraction of sp³-hybridized carbons (Fsp3) is 0.833. The SMILES string of the molecule is CCCCCC/C=C\C/C=C\CCCCCCCCCC(=O)OCCCCCCCCCCCCCCCCC/C=C\C/C=C\CCCCCCCCCCCCCCCCCCCC(=O)NC(COC1OC(CO)C(O)C(O)C1O)C(O)/C=C/CC/C=C/CCCCCC. The first kappa shape index (κ1) is 90.1. The number of ether oxygens (including phenoxy) is 3. The van der Waals surface area contributed by atoms with Crippen LogP contribution >= 0.6 is 0 Å². The van der Waals surface area contributed by atoms with Crippen molar-refractivity contribution in [1.29, 1.82) is 0 Å². The molecule has 0 aromatic heterocycles. The largest absolute Gasteiger partial charge is 0.466 e. The Bertz CT molecular complexity index is 1810. The highest BCUT2D eigenvalue weighted by atomic mass is 16.7. The number of aliphatic hydroxyl groups is 5. The zero-order valence-corrected chi connectivity index (χ0v) is 61.9. The highest BCUT2D eigenvalue weighted by Gasteiger charge is 2.44. The summed E-state index contributed by atoms with van der Waals surface area (Å²) in [6.07, 6.45) is 89.6. The molecule has 0 saturated carbocycles. The summed E-state index contributed by atoms with van der Waals surface area (Å²) in [6.45, 7) is 4.31. The van der Waals surface area contributed by atoms with Crippen LogP contribution in [0.1, 0.15) is 386 Å². The van der Waals surface area contributed by atoms with Gasteiger partial charge in [-0.15, -0.1) is 0 Å². The van der Waals surface area contributed by atoms with Crippen molar-refractivity contribution in [3.8, 4) is 0 Å². The lowest BCUT2D eigenvalue weighted by molar-refractivity contribution is -0.302. The summed E-state index contributed by atoms with van der Waals surface area (Å²) in [4.78, 5) is 25.2. The molecular formula is C84H153NO10. The highest BCUT2D eigenvalue weighted by Crippen LogP contribution is 2.24. The molecule has 1 heterocycles. The number of allylic oxidation sites excluding steroid dienone is 11. The molecule has 7 atom stereocenters. The van der Waals surface area contributed by atoms with Gasteiger partial charge in [-0.2, -0.15) is 0 Å². The summed E-state index contributed by atoms with van der Waals surface area (Å²) in [6, 6.07) is -0.825. The summed E-state index contributed by atoms with van der Waals surface area (Å²) < 4.78 is 16.7. The van der Waals surface area contributed by atoms with Crippen LogP contribution in [0.15, 0.2) is 72.9 Å². The molecule has 0 bridgehead atoms. The summed E-state index contributed by atoms with van der Waals surface area (Å²) >= 11 is 0. The van der Waals surface area contributed by atoms with Gasteiger partial charge in [-0.25, -0.2) is 0 Å². The molecule has 0 aromatic rings. The van der Waals surface area contributed by atoms with E-state index in [1.165, 1.54) is 289 Å². The van der Waals surface area contributed by atoms with E-state index in [0.717, 1.165) is 70.6 Å². The summed E-state index contributed by atoms with van der Waals surface area (Å²) in [5.41, 5.74) is 0. The van der Waals surface area contributed by atoms with Crippen molar-refractivity contribution in [1.82, 2.24) is 5.32 Å². The third-order valence-corrected chi connectivity index (χ3v) is 19.0. The zero-order valence-electron chi connectivity index (χ0n) is 61.9. The first-order chi connectivity index (χ1) is 46.7. The number of esters is 1. The molecular weight excluding hydrogens is 1180 g/mol. The number of unbranched alkanes of at least 4 members (excludes halogenated alkanes) is 48. The van der Waals surface area contributed by atoms with E-state index in [4.69, 9.17) is 14.2 Å². The second kappa shape index (κ2) is 72.4. The van der Waals surface area contributed by atoms with Gasteiger partial charge in [0.1, 0.15) is 24.4 Å². The van der Waals surface area contributed by atoms with Crippen LogP contribution in [-0.2, 0) is 23.8 Å². The molecule has 1 saturated heterocycles. The lowest BCUT2D eigenvalue weighted by Crippen LogP contribution is -2.60. The summed E-state index contributed by atoms with van der Waals surface area (Å²) in [5.74, 6) is -0.183. The second-order valence-electron chi connectivity index (χ2n) is 28.1. The Labute approximate surface area is 585 Å². The van der Waals surface area contributed by atoms with Crippen molar-refractivity contribution in [2.24, 2.45) is 0 Å². The molecule has 11 nitrogen and oxygen atoms in total. The minimum atomic E-state index is -1.58. The molecule has 6 N–H and O–H groups in total. The molecule has 0 aromatic carbocycles. The van der Waals surface area contributed by atoms with Crippen molar-refractivity contribution in [3.05, 3.63) is 72.9 Å². The first-order valence-electron chi connectivity index (χ1n) is 40.7. The van der Waals surface area contributed by atoms with Crippen LogP contribution in [0.4, 0.5) is 0 Å². The number of aliphatic hydroxyl groups excluding tert-OH is 5. The first-order valence-corrected chi connectivity index (χ1v) is 40.7. The van der Waals surface area contributed by atoms with Gasteiger partial charge in [0, 0.05) is 12.8 Å². The number of hydrogen-bond donors (Lipinski definition) is 6. The third kappa shape index (κ3) is 60.8. The van der Waals surface area contributed by atoms with Gasteiger partial charge in [0.15, 0.2) is 6.29 Å². The maximum Gasteiger partial charge on any atom is 0.305 e. The molecule has 0 spiro atoms. The van der Waals surface area contributed by atoms with E-state index in [-0.39, 0.29) is 18.5 Å². The van der Waals surface area contributed by atoms with Gasteiger partial charge < -0.3 is 45.1 Å². The van der Waals surface area contributed by atoms with Crippen LogP contribution in [0.25, 0.3) is 0 Å². The smallest absolute Gasteiger partial charge is 0.305 e. The van der Waals surface area contributed by atoms with E-state index < -0.39 is 49.5 Å². The molecule has 1 amide bonds. The molecule has 95 heavy (non-hydrogen) atoms. The van der Waals surface area contributed by atoms with E-state index in [9.17, 15) is 35.1 Å². The Morgan fingerprint density at radius 1 is 0.389 bits per heavy atom. The second-order valence-corrected chi connectivity index (χ2v) is 28.1. The van der Waals surface area contributed by atoms with Crippen molar-refractivity contribution < 1.29 is 49.3 Å². The number of hydrogen-bond acceptors (Lipinski definition) is 10. The quantitative estimate of drug-likeness (QED) is 0.0195. The van der Waals surface area contributed by atoms with Crippen LogP contribution in [-0.4, -0.2) is 100 Å². The Kier molecular flexibility index (Phi) is 68.6. The van der Waals surface area contributed by atoms with Crippen molar-refractivity contribution >= 4 is 11.9 Å². The Balaban J connectivity index is 1.87. The fourth-order valence-corrected chi connectivity index (χ4v) is 12.6. The molecule has 1 rings (SSSR count). The minimum Gasteiger partial charge on any atom is -0.466 e. The number of amides is 1.